The number of hydrogen-bond acceptors (Lipinski definition) is 2. The molecule has 1 atom stereocenters. The van der Waals surface area contributed by atoms with Gasteiger partial charge >= 0.3 is 12.4 Å². The van der Waals surface area contributed by atoms with Gasteiger partial charge < -0.3 is 5.11 Å². The molecule has 1 aromatic rings. The van der Waals surface area contributed by atoms with Crippen LogP contribution in [0.5, 0.6) is 0 Å². The average Bonchev–Trinajstić information content (AvgIpc) is 2.41. The summed E-state index contributed by atoms with van der Waals surface area (Å²) < 4.78 is 74.6. The van der Waals surface area contributed by atoms with Crippen molar-refractivity contribution >= 4 is 27.3 Å². The third-order valence-electron chi connectivity index (χ3n) is 2.19. The standard InChI is InChI=1S/C9H7BrF6OS/c1-3-2-4(18-7(3)10)5(17)6(8(11,12)13)9(14,15)16/h2,5-6,17H,1H3. The second kappa shape index (κ2) is 5.01. The largest absolute Gasteiger partial charge is 0.403 e. The van der Waals surface area contributed by atoms with Crippen molar-refractivity contribution in [2.45, 2.75) is 25.4 Å². The highest BCUT2D eigenvalue weighted by molar-refractivity contribution is 9.11. The van der Waals surface area contributed by atoms with Crippen molar-refractivity contribution in [2.75, 3.05) is 0 Å². The Kier molecular flexibility index (Phi) is 4.39. The van der Waals surface area contributed by atoms with E-state index in [2.05, 4.69) is 15.9 Å². The maximum Gasteiger partial charge on any atom is 0.403 e. The summed E-state index contributed by atoms with van der Waals surface area (Å²) in [7, 11) is 0. The Balaban J connectivity index is 3.15. The molecule has 1 nitrogen and oxygen atoms in total. The molecule has 0 radical (unpaired) electrons. The average molecular weight is 357 g/mol. The number of thiophene rings is 1. The van der Waals surface area contributed by atoms with E-state index in [4.69, 9.17) is 0 Å². The molecule has 0 saturated heterocycles. The lowest BCUT2D eigenvalue weighted by Gasteiger charge is -2.26. The van der Waals surface area contributed by atoms with Crippen molar-refractivity contribution in [2.24, 2.45) is 5.92 Å². The summed E-state index contributed by atoms with van der Waals surface area (Å²) in [6, 6.07) is 1.10. The van der Waals surface area contributed by atoms with Gasteiger partial charge in [-0.05, 0) is 34.5 Å². The Morgan fingerprint density at radius 2 is 1.61 bits per heavy atom. The van der Waals surface area contributed by atoms with Gasteiger partial charge in [-0.2, -0.15) is 26.3 Å². The Morgan fingerprint density at radius 1 is 1.17 bits per heavy atom. The summed E-state index contributed by atoms with van der Waals surface area (Å²) in [5.74, 6) is -3.78. The lowest BCUT2D eigenvalue weighted by atomic mass is 9.99. The first-order chi connectivity index (χ1) is 7.94. The Labute approximate surface area is 111 Å². The van der Waals surface area contributed by atoms with E-state index in [1.54, 1.807) is 0 Å². The number of aryl methyl sites for hydroxylation is 1. The van der Waals surface area contributed by atoms with E-state index >= 15 is 0 Å². The van der Waals surface area contributed by atoms with E-state index in [-0.39, 0.29) is 4.88 Å². The van der Waals surface area contributed by atoms with E-state index < -0.39 is 24.4 Å². The van der Waals surface area contributed by atoms with Crippen LogP contribution in [0.15, 0.2) is 9.85 Å². The number of hydrogen-bond donors (Lipinski definition) is 1. The summed E-state index contributed by atoms with van der Waals surface area (Å²) in [5.41, 5.74) is 0.470. The summed E-state index contributed by atoms with van der Waals surface area (Å²) in [4.78, 5) is -0.376. The van der Waals surface area contributed by atoms with Crippen LogP contribution in [0.1, 0.15) is 16.5 Å². The lowest BCUT2D eigenvalue weighted by molar-refractivity contribution is -0.307. The minimum Gasteiger partial charge on any atom is -0.387 e. The molecule has 0 saturated carbocycles. The first-order valence-electron chi connectivity index (χ1n) is 4.52. The third-order valence-corrected chi connectivity index (χ3v) is 4.40. The van der Waals surface area contributed by atoms with Crippen molar-refractivity contribution in [3.63, 3.8) is 0 Å². The number of aliphatic hydroxyl groups excluding tert-OH is 1. The number of aliphatic hydroxyl groups is 1. The molecule has 1 N–H and O–H groups in total. The smallest absolute Gasteiger partial charge is 0.387 e. The van der Waals surface area contributed by atoms with Crippen LogP contribution in [0.4, 0.5) is 26.3 Å². The first-order valence-corrected chi connectivity index (χ1v) is 6.13. The van der Waals surface area contributed by atoms with E-state index in [1.807, 2.05) is 0 Å². The zero-order valence-electron chi connectivity index (χ0n) is 8.73. The molecule has 0 bridgehead atoms. The van der Waals surface area contributed by atoms with Gasteiger partial charge in [0.25, 0.3) is 0 Å². The molecule has 9 heteroatoms. The van der Waals surface area contributed by atoms with Gasteiger partial charge in [-0.25, -0.2) is 0 Å². The Hall–Kier alpha value is -0.280. The van der Waals surface area contributed by atoms with Crippen LogP contribution < -0.4 is 0 Å². The molecule has 0 amide bonds. The molecule has 1 heterocycles. The van der Waals surface area contributed by atoms with E-state index in [0.717, 1.165) is 6.07 Å². The molecule has 0 fully saturated rings. The van der Waals surface area contributed by atoms with E-state index in [9.17, 15) is 31.4 Å². The molecule has 0 aliphatic rings. The van der Waals surface area contributed by atoms with Crippen LogP contribution in [0.3, 0.4) is 0 Å². The fourth-order valence-corrected chi connectivity index (χ4v) is 2.93. The van der Waals surface area contributed by atoms with Gasteiger partial charge in [0.05, 0.1) is 3.79 Å². The predicted molar refractivity (Wildman–Crippen MR) is 57.3 cm³/mol. The fourth-order valence-electron chi connectivity index (χ4n) is 1.34. The molecular weight excluding hydrogens is 350 g/mol. The van der Waals surface area contributed by atoms with Crippen molar-refractivity contribution in [3.05, 3.63) is 20.3 Å². The molecular formula is C9H7BrF6OS. The minimum atomic E-state index is -5.55. The Morgan fingerprint density at radius 3 is 1.89 bits per heavy atom. The van der Waals surface area contributed by atoms with Gasteiger partial charge in [-0.15, -0.1) is 11.3 Å². The molecule has 0 spiro atoms. The van der Waals surface area contributed by atoms with Gasteiger partial charge in [0.2, 0.25) is 0 Å². The normalized spacial score (nSPS) is 15.2. The summed E-state index contributed by atoms with van der Waals surface area (Å²) in [6.45, 7) is 1.51. The van der Waals surface area contributed by atoms with Crippen molar-refractivity contribution < 1.29 is 31.4 Å². The summed E-state index contributed by atoms with van der Waals surface area (Å²) >= 11 is 3.63. The number of halogens is 7. The first kappa shape index (κ1) is 15.8. The maximum atomic E-state index is 12.4. The zero-order valence-corrected chi connectivity index (χ0v) is 11.1. The van der Waals surface area contributed by atoms with E-state index in [0.29, 0.717) is 20.7 Å². The molecule has 0 aromatic carbocycles. The van der Waals surface area contributed by atoms with Gasteiger partial charge in [-0.1, -0.05) is 0 Å². The van der Waals surface area contributed by atoms with E-state index in [1.165, 1.54) is 6.92 Å². The molecule has 0 aliphatic carbocycles. The third kappa shape index (κ3) is 3.39. The summed E-state index contributed by atoms with van der Waals surface area (Å²) in [5, 5.41) is 9.34. The van der Waals surface area contributed by atoms with Crippen LogP contribution >= 0.6 is 27.3 Å². The van der Waals surface area contributed by atoms with Crippen molar-refractivity contribution in [1.29, 1.82) is 0 Å². The molecule has 1 unspecified atom stereocenters. The summed E-state index contributed by atoms with van der Waals surface area (Å²) in [6.07, 6.45) is -13.8. The topological polar surface area (TPSA) is 20.2 Å². The van der Waals surface area contributed by atoms with Crippen LogP contribution in [0.2, 0.25) is 0 Å². The molecule has 18 heavy (non-hydrogen) atoms. The highest BCUT2D eigenvalue weighted by Crippen LogP contribution is 2.48. The predicted octanol–water partition coefficient (Wildman–Crippen LogP) is 4.59. The zero-order chi connectivity index (χ0) is 14.3. The highest BCUT2D eigenvalue weighted by atomic mass is 79.9. The van der Waals surface area contributed by atoms with Crippen LogP contribution in [-0.2, 0) is 0 Å². The van der Waals surface area contributed by atoms with Crippen molar-refractivity contribution in [1.82, 2.24) is 0 Å². The number of rotatable bonds is 2. The molecule has 1 rings (SSSR count). The van der Waals surface area contributed by atoms with Gasteiger partial charge in [0.15, 0.2) is 5.92 Å². The fraction of sp³-hybridized carbons (Fsp3) is 0.556. The molecule has 104 valence electrons. The van der Waals surface area contributed by atoms with Crippen molar-refractivity contribution in [3.8, 4) is 0 Å². The quantitative estimate of drug-likeness (QED) is 0.768. The highest BCUT2D eigenvalue weighted by Gasteiger charge is 2.60. The minimum absolute atomic E-state index is 0.376. The van der Waals surface area contributed by atoms with Gasteiger partial charge in [0, 0.05) is 4.88 Å². The van der Waals surface area contributed by atoms with Gasteiger partial charge in [0.1, 0.15) is 6.10 Å². The monoisotopic (exact) mass is 356 g/mol. The molecule has 0 aliphatic heterocycles. The number of alkyl halides is 6. The maximum absolute atomic E-state index is 12.4. The SMILES string of the molecule is Cc1cc(C(O)C(C(F)(F)F)C(F)(F)F)sc1Br. The van der Waals surface area contributed by atoms with Crippen LogP contribution in [0, 0.1) is 12.8 Å². The van der Waals surface area contributed by atoms with Gasteiger partial charge in [-0.3, -0.25) is 0 Å². The van der Waals surface area contributed by atoms with Crippen LogP contribution in [-0.4, -0.2) is 17.5 Å². The lowest BCUT2D eigenvalue weighted by Crippen LogP contribution is -2.40. The van der Waals surface area contributed by atoms with Crippen LogP contribution in [0.25, 0.3) is 0 Å². The second-order valence-corrected chi connectivity index (χ2v) is 6.01. The second-order valence-electron chi connectivity index (χ2n) is 3.61. The Bertz CT molecular complexity index is 390. The molecule has 1 aromatic heterocycles.